The second-order valence-corrected chi connectivity index (χ2v) is 6.67. The van der Waals surface area contributed by atoms with Crippen LogP contribution in [0.25, 0.3) is 10.6 Å². The van der Waals surface area contributed by atoms with Gasteiger partial charge in [0.25, 0.3) is 5.91 Å². The van der Waals surface area contributed by atoms with Gasteiger partial charge >= 0.3 is 6.18 Å². The predicted molar refractivity (Wildman–Crippen MR) is 96.3 cm³/mol. The number of aliphatic hydroxyl groups is 1. The van der Waals surface area contributed by atoms with E-state index in [1.165, 1.54) is 28.8 Å². The Balaban J connectivity index is 1.77. The van der Waals surface area contributed by atoms with Crippen LogP contribution in [0.4, 0.5) is 13.2 Å². The van der Waals surface area contributed by atoms with E-state index in [-0.39, 0.29) is 11.3 Å². The van der Waals surface area contributed by atoms with Crippen LogP contribution >= 0.6 is 11.3 Å². The highest BCUT2D eigenvalue weighted by Crippen LogP contribution is 2.38. The highest BCUT2D eigenvalue weighted by molar-refractivity contribution is 7.13. The molecule has 140 valence electrons. The zero-order valence-electron chi connectivity index (χ0n) is 13.9. The van der Waals surface area contributed by atoms with Crippen molar-refractivity contribution in [2.24, 2.45) is 0 Å². The van der Waals surface area contributed by atoms with Crippen molar-refractivity contribution in [2.45, 2.75) is 11.8 Å². The number of amides is 1. The number of carbonyl (C=O) groups is 1. The molecule has 1 unspecified atom stereocenters. The zero-order chi connectivity index (χ0) is 19.5. The van der Waals surface area contributed by atoms with Gasteiger partial charge in [0.1, 0.15) is 10.7 Å². The monoisotopic (exact) mass is 392 g/mol. The fraction of sp³-hybridized carbons (Fsp3) is 0.158. The lowest BCUT2D eigenvalue weighted by molar-refractivity contribution is -0.263. The van der Waals surface area contributed by atoms with Crippen molar-refractivity contribution in [3.63, 3.8) is 0 Å². The first-order valence-electron chi connectivity index (χ1n) is 7.95. The van der Waals surface area contributed by atoms with Crippen LogP contribution in [0.3, 0.4) is 0 Å². The Morgan fingerprint density at radius 1 is 1.04 bits per heavy atom. The number of thiazole rings is 1. The molecule has 0 aliphatic carbocycles. The van der Waals surface area contributed by atoms with E-state index in [1.54, 1.807) is 6.07 Å². The van der Waals surface area contributed by atoms with Gasteiger partial charge in [-0.2, -0.15) is 13.2 Å². The van der Waals surface area contributed by atoms with Crippen LogP contribution in [0.2, 0.25) is 0 Å². The second-order valence-electron chi connectivity index (χ2n) is 5.81. The molecule has 1 amide bonds. The number of nitrogens with zero attached hydrogens (tertiary/aromatic N) is 1. The third kappa shape index (κ3) is 4.01. The van der Waals surface area contributed by atoms with E-state index in [2.05, 4.69) is 10.3 Å². The van der Waals surface area contributed by atoms with Gasteiger partial charge in [0.05, 0.1) is 6.54 Å². The van der Waals surface area contributed by atoms with E-state index < -0.39 is 24.2 Å². The number of hydrogen-bond acceptors (Lipinski definition) is 4. The van der Waals surface area contributed by atoms with Crippen molar-refractivity contribution in [1.29, 1.82) is 0 Å². The van der Waals surface area contributed by atoms with E-state index in [0.29, 0.717) is 5.01 Å². The minimum absolute atomic E-state index is 0.00330. The fourth-order valence-electron chi connectivity index (χ4n) is 2.47. The summed E-state index contributed by atoms with van der Waals surface area (Å²) in [4.78, 5) is 16.4. The molecule has 27 heavy (non-hydrogen) atoms. The molecule has 0 fully saturated rings. The summed E-state index contributed by atoms with van der Waals surface area (Å²) in [5, 5.41) is 14.4. The summed E-state index contributed by atoms with van der Waals surface area (Å²) in [5.41, 5.74) is -2.74. The summed E-state index contributed by atoms with van der Waals surface area (Å²) in [7, 11) is 0. The first kappa shape index (κ1) is 19.1. The largest absolute Gasteiger partial charge is 0.423 e. The van der Waals surface area contributed by atoms with Gasteiger partial charge in [-0.05, 0) is 5.56 Å². The van der Waals surface area contributed by atoms with Gasteiger partial charge in [-0.1, -0.05) is 60.7 Å². The molecular formula is C19H15F3N2O2S. The number of nitrogens with one attached hydrogen (secondary N) is 1. The molecule has 1 heterocycles. The van der Waals surface area contributed by atoms with E-state index in [1.807, 2.05) is 30.3 Å². The molecule has 3 aromatic rings. The number of halogens is 3. The number of rotatable bonds is 5. The van der Waals surface area contributed by atoms with Crippen LogP contribution in [0.1, 0.15) is 16.1 Å². The van der Waals surface area contributed by atoms with Gasteiger partial charge in [0.15, 0.2) is 0 Å². The molecular weight excluding hydrogens is 377 g/mol. The first-order chi connectivity index (χ1) is 12.8. The van der Waals surface area contributed by atoms with E-state index in [4.69, 9.17) is 0 Å². The maximum Gasteiger partial charge on any atom is 0.423 e. The molecule has 0 radical (unpaired) electrons. The van der Waals surface area contributed by atoms with Crippen LogP contribution < -0.4 is 5.32 Å². The van der Waals surface area contributed by atoms with Gasteiger partial charge in [-0.15, -0.1) is 11.3 Å². The highest BCUT2D eigenvalue weighted by Gasteiger charge is 2.55. The topological polar surface area (TPSA) is 62.2 Å². The molecule has 4 nitrogen and oxygen atoms in total. The summed E-state index contributed by atoms with van der Waals surface area (Å²) in [6, 6.07) is 15.8. The Morgan fingerprint density at radius 2 is 1.63 bits per heavy atom. The van der Waals surface area contributed by atoms with Gasteiger partial charge in [0.2, 0.25) is 5.60 Å². The molecule has 8 heteroatoms. The number of alkyl halides is 3. The molecule has 0 aliphatic heterocycles. The third-order valence-corrected chi connectivity index (χ3v) is 4.87. The standard InChI is InChI=1S/C19H15F3N2O2S/c20-19(21,22)18(26,14-9-5-2-6-10-14)12-23-16(25)15-11-27-17(24-15)13-7-3-1-4-8-13/h1-11,26H,12H2,(H,23,25). The third-order valence-electron chi connectivity index (χ3n) is 3.98. The normalized spacial score (nSPS) is 13.8. The van der Waals surface area contributed by atoms with Crippen molar-refractivity contribution < 1.29 is 23.1 Å². The zero-order valence-corrected chi connectivity index (χ0v) is 14.7. The number of hydrogen-bond donors (Lipinski definition) is 2. The molecule has 2 aromatic carbocycles. The Morgan fingerprint density at radius 3 is 2.22 bits per heavy atom. The van der Waals surface area contributed by atoms with Crippen LogP contribution in [0.15, 0.2) is 66.0 Å². The summed E-state index contributed by atoms with van der Waals surface area (Å²) in [6.45, 7) is -1.02. The molecule has 0 aliphatic rings. The molecule has 1 atom stereocenters. The molecule has 1 aromatic heterocycles. The average Bonchev–Trinajstić information content (AvgIpc) is 3.16. The SMILES string of the molecule is O=C(NCC(O)(c1ccccc1)C(F)(F)F)c1csc(-c2ccccc2)n1. The Kier molecular flexibility index (Phi) is 5.29. The van der Waals surface area contributed by atoms with Crippen molar-refractivity contribution in [2.75, 3.05) is 6.54 Å². The van der Waals surface area contributed by atoms with Crippen molar-refractivity contribution in [3.8, 4) is 10.6 Å². The van der Waals surface area contributed by atoms with E-state index in [9.17, 15) is 23.1 Å². The number of benzene rings is 2. The average molecular weight is 392 g/mol. The summed E-state index contributed by atoms with van der Waals surface area (Å²) in [6.07, 6.45) is -4.96. The van der Waals surface area contributed by atoms with Crippen molar-refractivity contribution in [3.05, 3.63) is 77.3 Å². The molecule has 0 spiro atoms. The van der Waals surface area contributed by atoms with Gasteiger partial charge in [-0.25, -0.2) is 4.98 Å². The first-order valence-corrected chi connectivity index (χ1v) is 8.83. The van der Waals surface area contributed by atoms with Gasteiger partial charge < -0.3 is 10.4 Å². The van der Waals surface area contributed by atoms with E-state index >= 15 is 0 Å². The van der Waals surface area contributed by atoms with Crippen molar-refractivity contribution in [1.82, 2.24) is 10.3 Å². The molecule has 2 N–H and O–H groups in total. The maximum absolute atomic E-state index is 13.5. The lowest BCUT2D eigenvalue weighted by Gasteiger charge is -2.31. The molecule has 0 bridgehead atoms. The fourth-order valence-corrected chi connectivity index (χ4v) is 3.28. The van der Waals surface area contributed by atoms with Crippen molar-refractivity contribution >= 4 is 17.2 Å². The van der Waals surface area contributed by atoms with Gasteiger partial charge in [0, 0.05) is 10.9 Å². The van der Waals surface area contributed by atoms with Crippen LogP contribution in [-0.2, 0) is 5.60 Å². The maximum atomic E-state index is 13.5. The minimum atomic E-state index is -4.96. The van der Waals surface area contributed by atoms with Crippen LogP contribution in [-0.4, -0.2) is 28.7 Å². The Hall–Kier alpha value is -2.71. The number of aromatic nitrogens is 1. The Labute approximate surface area is 157 Å². The molecule has 0 saturated heterocycles. The summed E-state index contributed by atoms with van der Waals surface area (Å²) in [5.74, 6) is -0.785. The van der Waals surface area contributed by atoms with Crippen LogP contribution in [0, 0.1) is 0 Å². The Bertz CT molecular complexity index is 913. The molecule has 3 rings (SSSR count). The second kappa shape index (κ2) is 7.50. The lowest BCUT2D eigenvalue weighted by Crippen LogP contribution is -2.51. The van der Waals surface area contributed by atoms with Gasteiger partial charge in [-0.3, -0.25) is 4.79 Å². The smallest absolute Gasteiger partial charge is 0.375 e. The molecule has 0 saturated carbocycles. The lowest BCUT2D eigenvalue weighted by atomic mass is 9.93. The summed E-state index contributed by atoms with van der Waals surface area (Å²) < 4.78 is 40.4. The quantitative estimate of drug-likeness (QED) is 0.690. The van der Waals surface area contributed by atoms with E-state index in [0.717, 1.165) is 17.7 Å². The summed E-state index contributed by atoms with van der Waals surface area (Å²) >= 11 is 1.21. The predicted octanol–water partition coefficient (Wildman–Crippen LogP) is 3.99. The van der Waals surface area contributed by atoms with Crippen LogP contribution in [0.5, 0.6) is 0 Å². The number of carbonyl (C=O) groups excluding carboxylic acids is 1. The highest BCUT2D eigenvalue weighted by atomic mass is 32.1. The minimum Gasteiger partial charge on any atom is -0.375 e.